The summed E-state index contributed by atoms with van der Waals surface area (Å²) in [6, 6.07) is 43.7. The summed E-state index contributed by atoms with van der Waals surface area (Å²) in [5.74, 6) is 2.86. The first kappa shape index (κ1) is 65.0. The van der Waals surface area contributed by atoms with Crippen molar-refractivity contribution in [2.24, 2.45) is 28.2 Å². The van der Waals surface area contributed by atoms with Crippen LogP contribution in [0.25, 0.3) is 71.8 Å². The molecule has 0 aliphatic carbocycles. The van der Waals surface area contributed by atoms with Gasteiger partial charge in [-0.15, -0.1) is 0 Å². The van der Waals surface area contributed by atoms with E-state index >= 15 is 0 Å². The highest BCUT2D eigenvalue weighted by atomic mass is 16.3. The molecule has 0 atom stereocenters. The first-order chi connectivity index (χ1) is 43.3. The fourth-order valence-electron chi connectivity index (χ4n) is 10.4. The molecule has 4 aromatic carbocycles. The Kier molecular flexibility index (Phi) is 20.2. The zero-order valence-electron chi connectivity index (χ0n) is 56.3. The third kappa shape index (κ3) is 16.6. The van der Waals surface area contributed by atoms with Crippen LogP contribution < -0.4 is 0 Å². The van der Waals surface area contributed by atoms with E-state index in [1.807, 2.05) is 162 Å². The molecule has 0 bridgehead atoms. The second-order valence-corrected chi connectivity index (χ2v) is 23.8. The maximum atomic E-state index is 5.34. The molecule has 0 fully saturated rings. The van der Waals surface area contributed by atoms with Crippen molar-refractivity contribution in [1.29, 1.82) is 0 Å². The van der Waals surface area contributed by atoms with E-state index in [-0.39, 0.29) is 0 Å². The topological polar surface area (TPSA) is 149 Å². The van der Waals surface area contributed by atoms with Crippen LogP contribution in [-0.2, 0) is 28.2 Å². The van der Waals surface area contributed by atoms with Crippen LogP contribution in [0.2, 0.25) is 0 Å². The zero-order valence-corrected chi connectivity index (χ0v) is 56.3. The van der Waals surface area contributed by atoms with Gasteiger partial charge < -0.3 is 26.9 Å². The van der Waals surface area contributed by atoms with E-state index in [1.165, 1.54) is 77.5 Å². The predicted molar refractivity (Wildman–Crippen MR) is 373 cm³/mol. The minimum atomic E-state index is 0.727. The fourth-order valence-corrected chi connectivity index (χ4v) is 10.4. The van der Waals surface area contributed by atoms with Crippen LogP contribution in [0.3, 0.4) is 0 Å². The molecule has 16 nitrogen and oxygen atoms in total. The highest BCUT2D eigenvalue weighted by Crippen LogP contribution is 2.20. The van der Waals surface area contributed by atoms with Crippen molar-refractivity contribution in [3.05, 3.63) is 256 Å². The third-order valence-electron chi connectivity index (χ3n) is 15.4. The van der Waals surface area contributed by atoms with Crippen molar-refractivity contribution in [2.75, 3.05) is 0 Å². The lowest BCUT2D eigenvalue weighted by atomic mass is 10.2. The van der Waals surface area contributed by atoms with Gasteiger partial charge in [0.05, 0.1) is 61.9 Å². The van der Waals surface area contributed by atoms with Gasteiger partial charge in [0.25, 0.3) is 0 Å². The van der Waals surface area contributed by atoms with Gasteiger partial charge in [0.1, 0.15) is 28.5 Å². The summed E-state index contributed by atoms with van der Waals surface area (Å²) in [6.07, 6.45) is 14.1. The minimum absolute atomic E-state index is 0.727. The predicted octanol–water partition coefficient (Wildman–Crippen LogP) is 16.8. The molecular weight excluding hydrogens is 1130 g/mol. The first-order valence-electron chi connectivity index (χ1n) is 30.5. The van der Waals surface area contributed by atoms with Crippen LogP contribution in [0.15, 0.2) is 175 Å². The van der Waals surface area contributed by atoms with Gasteiger partial charge in [-0.3, -0.25) is 9.67 Å². The first-order valence-corrected chi connectivity index (χ1v) is 30.5. The molecule has 91 heavy (non-hydrogen) atoms. The molecule has 0 spiro atoms. The molecule has 0 unspecified atom stereocenters. The SMILES string of the molecule is Cc1cc2cc(C)n(C)c2cn1.Cc1ccc2c(c1)nc(C)n2C.Cc1ccc2nc(C)cn2c1.Cc1ccc2nc(C)n(C)c2c1.Cc1ccc2nc(C)oc2c1.Cc1ccc2nn(C)cc2c1.Cc1ccn2cc(C)nc2c1.Cc1ccn2nc(C)cc2c1. The molecule has 0 N–H and O–H groups in total. The average molecular weight is 1210 g/mol. The summed E-state index contributed by atoms with van der Waals surface area (Å²) in [7, 11) is 8.09. The number of nitrogens with zero attached hydrogens (tertiary/aromatic N) is 15. The Balaban J connectivity index is 0.000000123. The van der Waals surface area contributed by atoms with Crippen molar-refractivity contribution in [1.82, 2.24) is 71.8 Å². The number of aromatic nitrogens is 15. The Hall–Kier alpha value is -10.5. The van der Waals surface area contributed by atoms with E-state index in [1.54, 1.807) is 0 Å². The molecule has 0 aliphatic heterocycles. The standard InChI is InChI=1S/3C10H12N2.4C9H10N2.C9H9NO/c1-7-4-9-5-8(2)12(3)10(9)6-11-7;1-7-4-5-10-9(6-7)11-8(2)12(10)3;1-7-4-5-9-10(6-7)12(3)8(2)11-9;1-7-3-4-9-8(5-7)6-11(2)10-9;1-7-3-4-11-6-8(2)10-9(11)5-7;1-7-3-4-11-9(5-7)6-8(2)10-11;1-7-3-4-9-10-8(2)6-11(9)5-7;1-6-3-4-8-9(5-6)11-7(2)10-8/h3*4-6H,1-3H3;4*3-6H,1-2H3;3-5H,1-2H3. The number of fused-ring (bicyclic) bond motifs is 8. The lowest BCUT2D eigenvalue weighted by molar-refractivity contribution is 0.561. The Morgan fingerprint density at radius 3 is 1.69 bits per heavy atom. The van der Waals surface area contributed by atoms with Crippen LogP contribution >= 0.6 is 0 Å². The van der Waals surface area contributed by atoms with Gasteiger partial charge in [0, 0.05) is 94.5 Å². The van der Waals surface area contributed by atoms with E-state index in [4.69, 9.17) is 4.42 Å². The number of hydrogen-bond donors (Lipinski definition) is 0. The molecule has 466 valence electrons. The number of pyridine rings is 4. The molecule has 0 saturated heterocycles. The largest absolute Gasteiger partial charge is 0.441 e. The van der Waals surface area contributed by atoms with Gasteiger partial charge in [-0.1, -0.05) is 35.9 Å². The molecular formula is C75H85N15O. The van der Waals surface area contributed by atoms with Crippen LogP contribution in [0, 0.1) is 104 Å². The van der Waals surface area contributed by atoms with E-state index in [9.17, 15) is 0 Å². The van der Waals surface area contributed by atoms with E-state index in [0.29, 0.717) is 0 Å². The molecule has 12 heterocycles. The Labute approximate surface area is 533 Å². The molecule has 12 aromatic heterocycles. The van der Waals surface area contributed by atoms with Crippen LogP contribution in [0.5, 0.6) is 0 Å². The number of imidazole rings is 4. The minimum Gasteiger partial charge on any atom is -0.441 e. The monoisotopic (exact) mass is 1210 g/mol. The molecule has 0 saturated carbocycles. The zero-order chi connectivity index (χ0) is 65.4. The highest BCUT2D eigenvalue weighted by molar-refractivity contribution is 5.81. The lowest BCUT2D eigenvalue weighted by Gasteiger charge is -1.97. The number of rotatable bonds is 0. The summed E-state index contributed by atoms with van der Waals surface area (Å²) in [6.45, 7) is 30.6. The number of benzene rings is 4. The molecule has 0 radical (unpaired) electrons. The van der Waals surface area contributed by atoms with Crippen molar-refractivity contribution in [3.8, 4) is 0 Å². The Morgan fingerprint density at radius 1 is 0.352 bits per heavy atom. The van der Waals surface area contributed by atoms with E-state index in [2.05, 4.69) is 213 Å². The maximum absolute atomic E-state index is 5.34. The summed E-state index contributed by atoms with van der Waals surface area (Å²) in [5.41, 5.74) is 26.3. The van der Waals surface area contributed by atoms with E-state index in [0.717, 1.165) is 79.3 Å². The average Bonchev–Trinajstić information content (AvgIpc) is 2.10. The smallest absolute Gasteiger partial charge is 0.192 e. The molecule has 16 rings (SSSR count). The van der Waals surface area contributed by atoms with E-state index < -0.39 is 0 Å². The summed E-state index contributed by atoms with van der Waals surface area (Å²) < 4.78 is 19.5. The second-order valence-electron chi connectivity index (χ2n) is 23.8. The van der Waals surface area contributed by atoms with Gasteiger partial charge in [-0.2, -0.15) is 10.2 Å². The van der Waals surface area contributed by atoms with Crippen molar-refractivity contribution < 1.29 is 4.42 Å². The quantitative estimate of drug-likeness (QED) is 0.145. The normalized spacial score (nSPS) is 10.8. The van der Waals surface area contributed by atoms with Crippen molar-refractivity contribution in [2.45, 2.75) is 104 Å². The highest BCUT2D eigenvalue weighted by Gasteiger charge is 2.06. The van der Waals surface area contributed by atoms with Gasteiger partial charge in [0.15, 0.2) is 11.5 Å². The van der Waals surface area contributed by atoms with Gasteiger partial charge in [-0.25, -0.2) is 29.4 Å². The van der Waals surface area contributed by atoms with Crippen LogP contribution in [-0.4, -0.2) is 71.8 Å². The number of aryl methyl sites for hydroxylation is 19. The number of hydrogen-bond acceptors (Lipinski definition) is 9. The van der Waals surface area contributed by atoms with Crippen LogP contribution in [0.4, 0.5) is 0 Å². The number of oxazole rings is 1. The Bertz CT molecular complexity index is 4610. The summed E-state index contributed by atoms with van der Waals surface area (Å²) >= 11 is 0. The van der Waals surface area contributed by atoms with Crippen molar-refractivity contribution >= 4 is 71.8 Å². The molecule has 0 amide bonds. The van der Waals surface area contributed by atoms with Crippen LogP contribution in [0.1, 0.15) is 85.0 Å². The molecule has 0 aliphatic rings. The lowest BCUT2D eigenvalue weighted by Crippen LogP contribution is -1.90. The van der Waals surface area contributed by atoms with Gasteiger partial charge in [0.2, 0.25) is 0 Å². The Morgan fingerprint density at radius 2 is 0.945 bits per heavy atom. The molecule has 16 heteroatoms. The third-order valence-corrected chi connectivity index (χ3v) is 15.4. The molecule has 16 aromatic rings. The second kappa shape index (κ2) is 28.3. The summed E-state index contributed by atoms with van der Waals surface area (Å²) in [5, 5.41) is 11.0. The fraction of sp³-hybridized carbons (Fsp3) is 0.253. The van der Waals surface area contributed by atoms with Gasteiger partial charge in [-0.05, 0) is 227 Å². The van der Waals surface area contributed by atoms with Gasteiger partial charge >= 0.3 is 0 Å². The maximum Gasteiger partial charge on any atom is 0.192 e. The summed E-state index contributed by atoms with van der Waals surface area (Å²) in [4.78, 5) is 26.0. The van der Waals surface area contributed by atoms with Crippen molar-refractivity contribution in [3.63, 3.8) is 0 Å².